The second-order valence-electron chi connectivity index (χ2n) is 1.31. The molecule has 0 aromatic rings. The van der Waals surface area contributed by atoms with Crippen molar-refractivity contribution in [2.45, 2.75) is 6.92 Å². The Morgan fingerprint density at radius 3 is 2.18 bits per heavy atom. The van der Waals surface area contributed by atoms with Gasteiger partial charge in [-0.3, -0.25) is 4.18 Å². The predicted molar refractivity (Wildman–Crippen MR) is 40.1 cm³/mol. The SMILES string of the molecule is CCOS(=O)(=O)C(=O)OC.[LiH]. The third-order valence-corrected chi connectivity index (χ3v) is 1.76. The van der Waals surface area contributed by atoms with Crippen LogP contribution >= 0.6 is 0 Å². The first-order valence-corrected chi connectivity index (χ1v) is 3.92. The summed E-state index contributed by atoms with van der Waals surface area (Å²) in [7, 11) is -3.15. The molecule has 0 heterocycles. The molecule has 0 amide bonds. The molecule has 11 heavy (non-hydrogen) atoms. The quantitative estimate of drug-likeness (QED) is 0.321. The van der Waals surface area contributed by atoms with E-state index < -0.39 is 15.4 Å². The summed E-state index contributed by atoms with van der Waals surface area (Å²) < 4.78 is 28.9. The third kappa shape index (κ3) is 4.43. The van der Waals surface area contributed by atoms with Crippen LogP contribution in [0.25, 0.3) is 0 Å². The Kier molecular flexibility index (Phi) is 6.91. The summed E-state index contributed by atoms with van der Waals surface area (Å²) in [5, 5.41) is -1.37. The number of rotatable bonds is 2. The van der Waals surface area contributed by atoms with Gasteiger partial charge in [0.2, 0.25) is 0 Å². The van der Waals surface area contributed by atoms with Gasteiger partial charge in [-0.25, -0.2) is 4.79 Å². The van der Waals surface area contributed by atoms with Crippen molar-refractivity contribution in [3.8, 4) is 0 Å². The predicted octanol–water partition coefficient (Wildman–Crippen LogP) is -0.529. The summed E-state index contributed by atoms with van der Waals surface area (Å²) >= 11 is 0. The maximum atomic E-state index is 10.5. The minimum atomic E-state index is -4.12. The van der Waals surface area contributed by atoms with Gasteiger partial charge in [0.05, 0.1) is 13.7 Å². The molecule has 0 saturated heterocycles. The van der Waals surface area contributed by atoms with Gasteiger partial charge in [0.1, 0.15) is 0 Å². The molecule has 5 nitrogen and oxygen atoms in total. The summed E-state index contributed by atoms with van der Waals surface area (Å²) in [6.45, 7) is 1.39. The number of carbonyl (C=O) groups excluding carboxylic acids is 1. The molecule has 0 unspecified atom stereocenters. The van der Waals surface area contributed by atoms with Crippen LogP contribution in [0.4, 0.5) is 4.79 Å². The second-order valence-corrected chi connectivity index (χ2v) is 2.79. The van der Waals surface area contributed by atoms with Gasteiger partial charge in [-0.15, -0.1) is 0 Å². The molecule has 62 valence electrons. The van der Waals surface area contributed by atoms with E-state index in [9.17, 15) is 13.2 Å². The van der Waals surface area contributed by atoms with Crippen LogP contribution in [-0.4, -0.2) is 46.3 Å². The van der Waals surface area contributed by atoms with Crippen LogP contribution < -0.4 is 0 Å². The minimum absolute atomic E-state index is 0. The van der Waals surface area contributed by atoms with E-state index in [1.807, 2.05) is 0 Å². The van der Waals surface area contributed by atoms with Gasteiger partial charge in [-0.2, -0.15) is 8.42 Å². The van der Waals surface area contributed by atoms with Gasteiger partial charge in [-0.05, 0) is 6.92 Å². The van der Waals surface area contributed by atoms with Crippen molar-refractivity contribution in [2.24, 2.45) is 0 Å². The van der Waals surface area contributed by atoms with Gasteiger partial charge in [0.25, 0.3) is 0 Å². The van der Waals surface area contributed by atoms with E-state index in [0.717, 1.165) is 7.11 Å². The topological polar surface area (TPSA) is 69.7 Å². The first-order chi connectivity index (χ1) is 4.54. The third-order valence-electron chi connectivity index (χ3n) is 0.644. The van der Waals surface area contributed by atoms with Crippen LogP contribution in [0.3, 0.4) is 0 Å². The van der Waals surface area contributed by atoms with E-state index in [4.69, 9.17) is 0 Å². The van der Waals surface area contributed by atoms with Crippen LogP contribution in [-0.2, 0) is 19.0 Å². The van der Waals surface area contributed by atoms with Crippen molar-refractivity contribution in [3.05, 3.63) is 0 Å². The zero-order valence-corrected chi connectivity index (χ0v) is 6.47. The molecule has 0 rings (SSSR count). The van der Waals surface area contributed by atoms with E-state index in [-0.39, 0.29) is 25.5 Å². The van der Waals surface area contributed by atoms with Crippen LogP contribution in [0.15, 0.2) is 0 Å². The Morgan fingerprint density at radius 1 is 1.45 bits per heavy atom. The maximum absolute atomic E-state index is 10.5. The molecule has 0 fully saturated rings. The fraction of sp³-hybridized carbons (Fsp3) is 0.750. The fourth-order valence-corrected chi connectivity index (χ4v) is 0.916. The van der Waals surface area contributed by atoms with Crippen LogP contribution in [0.2, 0.25) is 0 Å². The second kappa shape index (κ2) is 5.61. The van der Waals surface area contributed by atoms with Crippen molar-refractivity contribution >= 4 is 34.3 Å². The molecule has 0 aliphatic carbocycles. The van der Waals surface area contributed by atoms with Gasteiger partial charge in [0.15, 0.2) is 0 Å². The normalized spacial score (nSPS) is 10.0. The van der Waals surface area contributed by atoms with Crippen LogP contribution in [0.1, 0.15) is 6.92 Å². The molecule has 0 aromatic carbocycles. The van der Waals surface area contributed by atoms with Gasteiger partial charge >= 0.3 is 34.3 Å². The average molecular weight is 176 g/mol. The summed E-state index contributed by atoms with van der Waals surface area (Å²) in [5.41, 5.74) is 0. The summed E-state index contributed by atoms with van der Waals surface area (Å²) in [6.07, 6.45) is 0. The van der Waals surface area contributed by atoms with E-state index in [1.54, 1.807) is 0 Å². The molecule has 0 bridgehead atoms. The van der Waals surface area contributed by atoms with Crippen LogP contribution in [0.5, 0.6) is 0 Å². The van der Waals surface area contributed by atoms with Crippen molar-refractivity contribution in [1.82, 2.24) is 0 Å². The molecule has 0 aliphatic rings. The van der Waals surface area contributed by atoms with Crippen molar-refractivity contribution in [2.75, 3.05) is 13.7 Å². The molecule has 7 heteroatoms. The Hall–Kier alpha value is -0.0226. The zero-order chi connectivity index (χ0) is 8.20. The Bertz CT molecular complexity index is 209. The first-order valence-electron chi connectivity index (χ1n) is 2.52. The number of hydrogen-bond acceptors (Lipinski definition) is 5. The summed E-state index contributed by atoms with van der Waals surface area (Å²) in [6, 6.07) is 0. The van der Waals surface area contributed by atoms with Crippen LogP contribution in [0, 0.1) is 0 Å². The zero-order valence-electron chi connectivity index (χ0n) is 5.66. The van der Waals surface area contributed by atoms with E-state index in [2.05, 4.69) is 8.92 Å². The molecule has 0 spiro atoms. The Morgan fingerprint density at radius 2 is 1.91 bits per heavy atom. The van der Waals surface area contributed by atoms with Gasteiger partial charge in [0, 0.05) is 0 Å². The molecule has 0 radical (unpaired) electrons. The van der Waals surface area contributed by atoms with Crippen molar-refractivity contribution in [3.63, 3.8) is 0 Å². The van der Waals surface area contributed by atoms with Gasteiger partial charge < -0.3 is 4.74 Å². The number of methoxy groups -OCH3 is 1. The molecular formula is C4H9LiO5S. The van der Waals surface area contributed by atoms with E-state index >= 15 is 0 Å². The summed E-state index contributed by atoms with van der Waals surface area (Å²) in [5.74, 6) is 0. The van der Waals surface area contributed by atoms with Crippen molar-refractivity contribution in [1.29, 1.82) is 0 Å². The van der Waals surface area contributed by atoms with Crippen molar-refractivity contribution < 1.29 is 22.1 Å². The van der Waals surface area contributed by atoms with E-state index in [0.29, 0.717) is 0 Å². The van der Waals surface area contributed by atoms with Gasteiger partial charge in [-0.1, -0.05) is 0 Å². The standard InChI is InChI=1S/C4H8O5S.Li.H/c1-3-9-10(6,7)4(5)8-2;;/h3H2,1-2H3;;. The number of carbonyl (C=O) groups is 1. The Balaban J connectivity index is 0. The molecule has 0 aromatic heterocycles. The van der Waals surface area contributed by atoms with E-state index in [1.165, 1.54) is 6.92 Å². The number of ether oxygens (including phenoxy) is 1. The molecule has 0 aliphatic heterocycles. The Labute approximate surface area is 77.4 Å². The molecule has 0 N–H and O–H groups in total. The number of hydrogen-bond donors (Lipinski definition) is 0. The molecule has 0 atom stereocenters. The summed E-state index contributed by atoms with van der Waals surface area (Å²) in [4.78, 5) is 10.3. The average Bonchev–Trinajstić information content (AvgIpc) is 1.86. The first kappa shape index (κ1) is 13.6. The molecule has 0 saturated carbocycles. The monoisotopic (exact) mass is 176 g/mol. The fourth-order valence-electron chi connectivity index (χ4n) is 0.305. The molecular weight excluding hydrogens is 167 g/mol.